The van der Waals surface area contributed by atoms with Gasteiger partial charge in [-0.05, 0) is 42.3 Å². The van der Waals surface area contributed by atoms with Crippen LogP contribution in [0.15, 0.2) is 48.0 Å². The number of hydrogen-bond donors (Lipinski definition) is 0. The van der Waals surface area contributed by atoms with Gasteiger partial charge in [0.05, 0.1) is 21.3 Å². The fourth-order valence-electron chi connectivity index (χ4n) is 3.45. The molecule has 0 saturated carbocycles. The summed E-state index contributed by atoms with van der Waals surface area (Å²) in [5.41, 5.74) is 4.27. The highest BCUT2D eigenvalue weighted by Crippen LogP contribution is 2.31. The van der Waals surface area contributed by atoms with E-state index in [2.05, 4.69) is 28.1 Å². The Kier molecular flexibility index (Phi) is 5.06. The van der Waals surface area contributed by atoms with E-state index in [1.165, 1.54) is 22.4 Å². The molecule has 1 aliphatic rings. The molecule has 1 fully saturated rings. The summed E-state index contributed by atoms with van der Waals surface area (Å²) in [6.45, 7) is 4.17. The smallest absolute Gasteiger partial charge is 0.369 e. The van der Waals surface area contributed by atoms with Gasteiger partial charge >= 0.3 is 6.18 Å². The van der Waals surface area contributed by atoms with E-state index in [4.69, 9.17) is 0 Å². The van der Waals surface area contributed by atoms with Crippen molar-refractivity contribution >= 4 is 27.2 Å². The number of rotatable bonds is 4. The van der Waals surface area contributed by atoms with Crippen molar-refractivity contribution in [3.63, 3.8) is 0 Å². The molecule has 7 heteroatoms. The number of halogens is 3. The molecule has 0 unspecified atom stereocenters. The van der Waals surface area contributed by atoms with Gasteiger partial charge in [0.15, 0.2) is 0 Å². The van der Waals surface area contributed by atoms with Gasteiger partial charge in [-0.25, -0.2) is 4.98 Å². The van der Waals surface area contributed by atoms with Crippen LogP contribution >= 0.6 is 11.3 Å². The lowest BCUT2D eigenvalue weighted by Crippen LogP contribution is -2.47. The van der Waals surface area contributed by atoms with Gasteiger partial charge in [-0.3, -0.25) is 4.90 Å². The first-order valence-corrected chi connectivity index (χ1v) is 9.84. The molecule has 3 nitrogen and oxygen atoms in total. The molecule has 2 heterocycles. The Morgan fingerprint density at radius 3 is 2.59 bits per heavy atom. The zero-order valence-corrected chi connectivity index (χ0v) is 15.6. The highest BCUT2D eigenvalue weighted by atomic mass is 32.1. The number of nitrogens with zero attached hydrogens (tertiary/aromatic N) is 3. The molecule has 0 bridgehead atoms. The van der Waals surface area contributed by atoms with Crippen molar-refractivity contribution in [2.75, 3.05) is 37.6 Å². The van der Waals surface area contributed by atoms with Gasteiger partial charge in [-0.1, -0.05) is 12.1 Å². The largest absolute Gasteiger partial charge is 0.416 e. The molecule has 1 aliphatic heterocycles. The number of alkyl halides is 3. The Bertz CT molecular complexity index is 914. The zero-order valence-electron chi connectivity index (χ0n) is 14.7. The first-order valence-electron chi connectivity index (χ1n) is 8.96. The Balaban J connectivity index is 1.32. The molecule has 1 aromatic heterocycles. The third-order valence-electron chi connectivity index (χ3n) is 5.02. The van der Waals surface area contributed by atoms with Crippen molar-refractivity contribution in [2.45, 2.75) is 12.6 Å². The van der Waals surface area contributed by atoms with Crippen LogP contribution < -0.4 is 4.90 Å². The molecule has 142 valence electrons. The summed E-state index contributed by atoms with van der Waals surface area (Å²) in [4.78, 5) is 8.71. The van der Waals surface area contributed by atoms with Gasteiger partial charge < -0.3 is 4.90 Å². The lowest BCUT2D eigenvalue weighted by Gasteiger charge is -2.36. The number of aromatic nitrogens is 1. The van der Waals surface area contributed by atoms with E-state index in [9.17, 15) is 13.2 Å². The summed E-state index contributed by atoms with van der Waals surface area (Å²) < 4.78 is 39.9. The Hall–Kier alpha value is -2.12. The highest BCUT2D eigenvalue weighted by Gasteiger charge is 2.31. The van der Waals surface area contributed by atoms with Crippen LogP contribution in [0, 0.1) is 0 Å². The van der Waals surface area contributed by atoms with Crippen LogP contribution in [0.25, 0.3) is 10.2 Å². The number of hydrogen-bond acceptors (Lipinski definition) is 4. The van der Waals surface area contributed by atoms with E-state index >= 15 is 0 Å². The predicted octanol–water partition coefficient (Wildman–Crippen LogP) is 4.68. The molecule has 0 aliphatic carbocycles. The molecule has 0 N–H and O–H groups in total. The summed E-state index contributed by atoms with van der Waals surface area (Å²) in [7, 11) is 0. The van der Waals surface area contributed by atoms with Crippen LogP contribution in [0.3, 0.4) is 0 Å². The van der Waals surface area contributed by atoms with Gasteiger partial charge in [0.2, 0.25) is 0 Å². The first-order chi connectivity index (χ1) is 13.0. The maximum atomic E-state index is 12.9. The topological polar surface area (TPSA) is 19.4 Å². The predicted molar refractivity (Wildman–Crippen MR) is 103 cm³/mol. The van der Waals surface area contributed by atoms with E-state index in [-0.39, 0.29) is 0 Å². The van der Waals surface area contributed by atoms with Gasteiger partial charge in [-0.2, -0.15) is 13.2 Å². The minimum Gasteiger partial charge on any atom is -0.369 e. The number of anilines is 1. The third kappa shape index (κ3) is 4.25. The average Bonchev–Trinajstić information content (AvgIpc) is 3.14. The highest BCUT2D eigenvalue weighted by molar-refractivity contribution is 7.16. The second-order valence-electron chi connectivity index (χ2n) is 6.78. The second kappa shape index (κ2) is 7.48. The number of benzene rings is 2. The number of fused-ring (bicyclic) bond motifs is 1. The fourth-order valence-corrected chi connectivity index (χ4v) is 4.19. The van der Waals surface area contributed by atoms with Crippen LogP contribution in [0.4, 0.5) is 18.9 Å². The summed E-state index contributed by atoms with van der Waals surface area (Å²) in [5, 5.41) is 0. The fraction of sp³-hybridized carbons (Fsp3) is 0.350. The van der Waals surface area contributed by atoms with Crippen molar-refractivity contribution in [1.82, 2.24) is 9.88 Å². The Morgan fingerprint density at radius 2 is 1.81 bits per heavy atom. The summed E-state index contributed by atoms with van der Waals surface area (Å²) in [5.74, 6) is 0. The van der Waals surface area contributed by atoms with Crippen molar-refractivity contribution in [1.29, 1.82) is 0 Å². The second-order valence-corrected chi connectivity index (χ2v) is 7.67. The molecule has 27 heavy (non-hydrogen) atoms. The lowest BCUT2D eigenvalue weighted by atomic mass is 10.1. The maximum Gasteiger partial charge on any atom is 0.416 e. The van der Waals surface area contributed by atoms with Gasteiger partial charge in [0.1, 0.15) is 0 Å². The van der Waals surface area contributed by atoms with E-state index in [0.29, 0.717) is 5.69 Å². The minimum absolute atomic E-state index is 0.583. The van der Waals surface area contributed by atoms with Gasteiger partial charge in [-0.15, -0.1) is 11.3 Å². The number of piperazine rings is 1. The van der Waals surface area contributed by atoms with Crippen LogP contribution in [-0.2, 0) is 12.6 Å². The van der Waals surface area contributed by atoms with Crippen LogP contribution in [-0.4, -0.2) is 42.6 Å². The third-order valence-corrected chi connectivity index (χ3v) is 5.82. The lowest BCUT2D eigenvalue weighted by molar-refractivity contribution is -0.137. The summed E-state index contributed by atoms with van der Waals surface area (Å²) in [6, 6.07) is 12.0. The van der Waals surface area contributed by atoms with Crippen LogP contribution in [0.5, 0.6) is 0 Å². The normalized spacial score (nSPS) is 16.2. The molecular formula is C20H20F3N3S. The molecule has 2 aromatic carbocycles. The SMILES string of the molecule is FC(F)(F)c1cccc(N2CCN(CCc3ccc4ncsc4c3)CC2)c1. The van der Waals surface area contributed by atoms with Crippen molar-refractivity contribution in [3.05, 3.63) is 59.1 Å². The molecule has 0 radical (unpaired) electrons. The van der Waals surface area contributed by atoms with Gasteiger partial charge in [0.25, 0.3) is 0 Å². The quantitative estimate of drug-likeness (QED) is 0.644. The minimum atomic E-state index is -4.29. The van der Waals surface area contributed by atoms with Crippen molar-refractivity contribution in [2.24, 2.45) is 0 Å². The zero-order chi connectivity index (χ0) is 18.9. The molecule has 3 aromatic rings. The van der Waals surface area contributed by atoms with E-state index in [0.717, 1.165) is 50.7 Å². The number of thiazole rings is 1. The monoisotopic (exact) mass is 391 g/mol. The van der Waals surface area contributed by atoms with Crippen LogP contribution in [0.1, 0.15) is 11.1 Å². The van der Waals surface area contributed by atoms with E-state index < -0.39 is 11.7 Å². The summed E-state index contributed by atoms with van der Waals surface area (Å²) in [6.07, 6.45) is -3.32. The molecule has 0 atom stereocenters. The molecule has 1 saturated heterocycles. The average molecular weight is 391 g/mol. The molecular weight excluding hydrogens is 371 g/mol. The Morgan fingerprint density at radius 1 is 1.00 bits per heavy atom. The molecule has 0 spiro atoms. The maximum absolute atomic E-state index is 12.9. The van der Waals surface area contributed by atoms with Gasteiger partial charge in [0, 0.05) is 38.4 Å². The Labute approximate surface area is 160 Å². The molecule has 4 rings (SSSR count). The summed E-state index contributed by atoms with van der Waals surface area (Å²) >= 11 is 1.65. The standard InChI is InChI=1S/C20H20F3N3S/c21-20(22,23)16-2-1-3-17(13-16)26-10-8-25(9-11-26)7-6-15-4-5-18-19(12-15)27-14-24-18/h1-5,12-14H,6-11H2. The molecule has 0 amide bonds. The first kappa shape index (κ1) is 18.3. The van der Waals surface area contributed by atoms with E-state index in [1.807, 2.05) is 10.4 Å². The van der Waals surface area contributed by atoms with Crippen molar-refractivity contribution in [3.8, 4) is 0 Å². The van der Waals surface area contributed by atoms with Crippen LogP contribution in [0.2, 0.25) is 0 Å². The van der Waals surface area contributed by atoms with E-state index in [1.54, 1.807) is 17.4 Å². The van der Waals surface area contributed by atoms with Crippen molar-refractivity contribution < 1.29 is 13.2 Å².